The Kier molecular flexibility index (Phi) is 6.57. The number of halogens is 1. The molecule has 3 amide bonds. The lowest BCUT2D eigenvalue weighted by molar-refractivity contribution is -0.124. The highest BCUT2D eigenvalue weighted by Gasteiger charge is 2.29. The van der Waals surface area contributed by atoms with Gasteiger partial charge in [-0.2, -0.15) is 0 Å². The van der Waals surface area contributed by atoms with Crippen molar-refractivity contribution in [3.63, 3.8) is 0 Å². The van der Waals surface area contributed by atoms with E-state index in [1.165, 1.54) is 0 Å². The predicted octanol–water partition coefficient (Wildman–Crippen LogP) is 4.24. The number of urea groups is 1. The fourth-order valence-electron chi connectivity index (χ4n) is 3.14. The monoisotopic (exact) mass is 445 g/mol. The molecule has 3 rings (SSSR count). The molecule has 1 heterocycles. The molecule has 7 heteroatoms. The van der Waals surface area contributed by atoms with Gasteiger partial charge in [-0.15, -0.1) is 0 Å². The van der Waals surface area contributed by atoms with Gasteiger partial charge in [-0.1, -0.05) is 48.0 Å². The van der Waals surface area contributed by atoms with Crippen LogP contribution in [0.3, 0.4) is 0 Å². The van der Waals surface area contributed by atoms with Crippen LogP contribution < -0.4 is 20.7 Å². The standard InChI is InChI=1S/C21H24BrN3O3/c1-13(2)19(25-21(27)23-15-6-4-3-5-7-15)20(26)24-17-10-11-28-18-9-8-14(22)12-16(17)18/h3-9,12-13,17,19H,10-11H2,1-2H3,(H,24,26)(H2,23,25,27). The van der Waals surface area contributed by atoms with Crippen LogP contribution >= 0.6 is 15.9 Å². The van der Waals surface area contributed by atoms with Crippen molar-refractivity contribution in [2.24, 2.45) is 5.92 Å². The Hall–Kier alpha value is -2.54. The third-order valence-electron chi connectivity index (χ3n) is 4.60. The largest absolute Gasteiger partial charge is 0.493 e. The van der Waals surface area contributed by atoms with Gasteiger partial charge < -0.3 is 20.7 Å². The van der Waals surface area contributed by atoms with Gasteiger partial charge in [-0.3, -0.25) is 4.79 Å². The number of nitrogens with one attached hydrogen (secondary N) is 3. The van der Waals surface area contributed by atoms with Gasteiger partial charge in [0, 0.05) is 22.1 Å². The van der Waals surface area contributed by atoms with Crippen molar-refractivity contribution in [1.82, 2.24) is 10.6 Å². The van der Waals surface area contributed by atoms with Gasteiger partial charge >= 0.3 is 6.03 Å². The zero-order valence-electron chi connectivity index (χ0n) is 15.9. The summed E-state index contributed by atoms with van der Waals surface area (Å²) < 4.78 is 6.60. The first-order valence-electron chi connectivity index (χ1n) is 9.29. The second-order valence-corrected chi connectivity index (χ2v) is 7.98. The van der Waals surface area contributed by atoms with Gasteiger partial charge in [0.05, 0.1) is 12.6 Å². The first kappa shape index (κ1) is 20.2. The van der Waals surface area contributed by atoms with E-state index in [1.807, 2.05) is 50.2 Å². The van der Waals surface area contributed by atoms with E-state index in [4.69, 9.17) is 4.74 Å². The Balaban J connectivity index is 1.67. The summed E-state index contributed by atoms with van der Waals surface area (Å²) in [5.41, 5.74) is 1.61. The zero-order valence-corrected chi connectivity index (χ0v) is 17.5. The van der Waals surface area contributed by atoms with Gasteiger partial charge in [0.2, 0.25) is 5.91 Å². The molecule has 0 saturated heterocycles. The molecule has 2 aromatic rings. The summed E-state index contributed by atoms with van der Waals surface area (Å²) in [6, 6.07) is 13.7. The molecule has 2 atom stereocenters. The normalized spacial score (nSPS) is 16.5. The summed E-state index contributed by atoms with van der Waals surface area (Å²) in [5, 5.41) is 8.61. The van der Waals surface area contributed by atoms with E-state index in [0.29, 0.717) is 18.7 Å². The van der Waals surface area contributed by atoms with Crippen LogP contribution in [-0.2, 0) is 4.79 Å². The molecule has 0 spiro atoms. The van der Waals surface area contributed by atoms with Gasteiger partial charge in [-0.05, 0) is 36.2 Å². The number of fused-ring (bicyclic) bond motifs is 1. The summed E-state index contributed by atoms with van der Waals surface area (Å²) in [4.78, 5) is 25.3. The number of para-hydroxylation sites is 1. The van der Waals surface area contributed by atoms with Gasteiger partial charge in [-0.25, -0.2) is 4.79 Å². The van der Waals surface area contributed by atoms with Crippen molar-refractivity contribution in [2.75, 3.05) is 11.9 Å². The lowest BCUT2D eigenvalue weighted by atomic mass is 9.98. The molecule has 0 aliphatic carbocycles. The fourth-order valence-corrected chi connectivity index (χ4v) is 3.52. The Bertz CT molecular complexity index is 842. The van der Waals surface area contributed by atoms with Crippen LogP contribution in [0.4, 0.5) is 10.5 Å². The zero-order chi connectivity index (χ0) is 20.1. The summed E-state index contributed by atoms with van der Waals surface area (Å²) in [6.45, 7) is 4.34. The Morgan fingerprint density at radius 1 is 1.14 bits per heavy atom. The van der Waals surface area contributed by atoms with Crippen molar-refractivity contribution in [3.8, 4) is 5.75 Å². The van der Waals surface area contributed by atoms with Gasteiger partial charge in [0.15, 0.2) is 0 Å². The molecule has 3 N–H and O–H groups in total. The number of rotatable bonds is 5. The van der Waals surface area contributed by atoms with E-state index in [9.17, 15) is 9.59 Å². The highest BCUT2D eigenvalue weighted by molar-refractivity contribution is 9.10. The van der Waals surface area contributed by atoms with Crippen molar-refractivity contribution in [1.29, 1.82) is 0 Å². The molecule has 0 saturated carbocycles. The number of benzene rings is 2. The van der Waals surface area contributed by atoms with E-state index in [1.54, 1.807) is 12.1 Å². The molecule has 0 bridgehead atoms. The molecule has 2 aromatic carbocycles. The van der Waals surface area contributed by atoms with Crippen LogP contribution in [0.25, 0.3) is 0 Å². The van der Waals surface area contributed by atoms with E-state index in [2.05, 4.69) is 31.9 Å². The van der Waals surface area contributed by atoms with Crippen molar-refractivity contribution >= 4 is 33.6 Å². The highest BCUT2D eigenvalue weighted by Crippen LogP contribution is 2.34. The van der Waals surface area contributed by atoms with E-state index >= 15 is 0 Å². The molecule has 2 unspecified atom stereocenters. The maximum atomic E-state index is 12.9. The van der Waals surface area contributed by atoms with Crippen LogP contribution in [0.1, 0.15) is 31.9 Å². The number of carbonyl (C=O) groups excluding carboxylic acids is 2. The topological polar surface area (TPSA) is 79.5 Å². The molecule has 28 heavy (non-hydrogen) atoms. The van der Waals surface area contributed by atoms with Gasteiger partial charge in [0.1, 0.15) is 11.8 Å². The first-order valence-corrected chi connectivity index (χ1v) is 10.1. The van der Waals surface area contributed by atoms with Gasteiger partial charge in [0.25, 0.3) is 0 Å². The fraction of sp³-hybridized carbons (Fsp3) is 0.333. The number of ether oxygens (including phenoxy) is 1. The van der Waals surface area contributed by atoms with Crippen molar-refractivity contribution < 1.29 is 14.3 Å². The lowest BCUT2D eigenvalue weighted by Crippen LogP contribution is -2.51. The SMILES string of the molecule is CC(C)C(NC(=O)Nc1ccccc1)C(=O)NC1CCOc2ccc(Br)cc21. The van der Waals surface area contributed by atoms with E-state index < -0.39 is 12.1 Å². The minimum Gasteiger partial charge on any atom is -0.493 e. The molecular weight excluding hydrogens is 422 g/mol. The molecular formula is C21H24BrN3O3. The molecule has 0 radical (unpaired) electrons. The van der Waals surface area contributed by atoms with Crippen LogP contribution in [0.15, 0.2) is 53.0 Å². The Morgan fingerprint density at radius 2 is 1.89 bits per heavy atom. The quantitative estimate of drug-likeness (QED) is 0.643. The first-order chi connectivity index (χ1) is 13.4. The molecule has 1 aliphatic rings. The summed E-state index contributed by atoms with van der Waals surface area (Å²) in [6.07, 6.45) is 0.677. The number of carbonyl (C=O) groups is 2. The third kappa shape index (κ3) is 5.04. The van der Waals surface area contributed by atoms with Crippen LogP contribution in [-0.4, -0.2) is 24.6 Å². The maximum absolute atomic E-state index is 12.9. The molecule has 148 valence electrons. The summed E-state index contributed by atoms with van der Waals surface area (Å²) >= 11 is 3.47. The molecule has 0 aromatic heterocycles. The number of hydrogen-bond donors (Lipinski definition) is 3. The van der Waals surface area contributed by atoms with Crippen molar-refractivity contribution in [2.45, 2.75) is 32.4 Å². The van der Waals surface area contributed by atoms with Crippen molar-refractivity contribution in [3.05, 3.63) is 58.6 Å². The number of anilines is 1. The Labute approximate surface area is 173 Å². The lowest BCUT2D eigenvalue weighted by Gasteiger charge is -2.29. The second kappa shape index (κ2) is 9.10. The average Bonchev–Trinajstić information content (AvgIpc) is 2.67. The smallest absolute Gasteiger partial charge is 0.319 e. The summed E-state index contributed by atoms with van der Waals surface area (Å²) in [7, 11) is 0. The average molecular weight is 446 g/mol. The molecule has 0 fully saturated rings. The highest BCUT2D eigenvalue weighted by atomic mass is 79.9. The number of hydrogen-bond acceptors (Lipinski definition) is 3. The van der Waals surface area contributed by atoms with Crippen LogP contribution in [0.5, 0.6) is 5.75 Å². The maximum Gasteiger partial charge on any atom is 0.319 e. The third-order valence-corrected chi connectivity index (χ3v) is 5.09. The van der Waals surface area contributed by atoms with Crippen LogP contribution in [0, 0.1) is 5.92 Å². The predicted molar refractivity (Wildman–Crippen MR) is 112 cm³/mol. The minimum absolute atomic E-state index is 0.0663. The van der Waals surface area contributed by atoms with E-state index in [0.717, 1.165) is 15.8 Å². The Morgan fingerprint density at radius 3 is 2.61 bits per heavy atom. The van der Waals surface area contributed by atoms with Crippen LogP contribution in [0.2, 0.25) is 0 Å². The molecule has 1 aliphatic heterocycles. The minimum atomic E-state index is -0.651. The summed E-state index contributed by atoms with van der Waals surface area (Å²) in [5.74, 6) is 0.495. The van der Waals surface area contributed by atoms with E-state index in [-0.39, 0.29) is 17.9 Å². The number of amides is 3. The molecule has 6 nitrogen and oxygen atoms in total. The second-order valence-electron chi connectivity index (χ2n) is 7.07.